The number of hydrogen-bond donors (Lipinski definition) is 0. The smallest absolute Gasteiger partial charge is 0.348 e. The van der Waals surface area contributed by atoms with Crippen molar-refractivity contribution in [1.29, 1.82) is 0 Å². The van der Waals surface area contributed by atoms with Crippen LogP contribution in [0.4, 0.5) is 0 Å². The summed E-state index contributed by atoms with van der Waals surface area (Å²) in [6, 6.07) is 9.61. The first kappa shape index (κ1) is 18.1. The lowest BCUT2D eigenvalue weighted by Crippen LogP contribution is -2.21. The minimum Gasteiger partial charge on any atom is -0.462 e. The maximum absolute atomic E-state index is 12.9. The Balaban J connectivity index is 1.68. The van der Waals surface area contributed by atoms with Crippen LogP contribution >= 0.6 is 11.3 Å². The Morgan fingerprint density at radius 1 is 1.25 bits per heavy atom. The maximum atomic E-state index is 12.9. The van der Waals surface area contributed by atoms with E-state index >= 15 is 0 Å². The van der Waals surface area contributed by atoms with Gasteiger partial charge in [-0.3, -0.25) is 9.36 Å². The average Bonchev–Trinajstić information content (AvgIpc) is 3.30. The summed E-state index contributed by atoms with van der Waals surface area (Å²) in [5, 5.41) is 0.422. The number of aryl methyl sites for hydroxylation is 1. The number of carbonyl (C=O) groups is 1. The zero-order valence-corrected chi connectivity index (χ0v) is 16.2. The van der Waals surface area contributed by atoms with Crippen molar-refractivity contribution >= 4 is 27.5 Å². The topological polar surface area (TPSA) is 87.2 Å². The Bertz CT molecular complexity index is 1210. The predicted octanol–water partition coefficient (Wildman–Crippen LogP) is 3.65. The summed E-state index contributed by atoms with van der Waals surface area (Å²) < 4.78 is 12.3. The second-order valence-electron chi connectivity index (χ2n) is 6.12. The second kappa shape index (κ2) is 7.40. The fourth-order valence-corrected chi connectivity index (χ4v) is 3.96. The Kier molecular flexibility index (Phi) is 4.79. The van der Waals surface area contributed by atoms with Crippen molar-refractivity contribution in [2.75, 3.05) is 6.61 Å². The Hall–Kier alpha value is -3.26. The molecule has 0 aliphatic heterocycles. The molecule has 3 heterocycles. The first-order valence-corrected chi connectivity index (χ1v) is 9.56. The number of carbonyl (C=O) groups excluding carboxylic acids is 1. The molecule has 1 aromatic carbocycles. The lowest BCUT2D eigenvalue weighted by Gasteiger charge is -2.02. The largest absolute Gasteiger partial charge is 0.462 e. The van der Waals surface area contributed by atoms with E-state index in [9.17, 15) is 9.59 Å². The van der Waals surface area contributed by atoms with Crippen LogP contribution in [0.2, 0.25) is 0 Å². The van der Waals surface area contributed by atoms with E-state index in [-0.39, 0.29) is 18.7 Å². The van der Waals surface area contributed by atoms with Gasteiger partial charge in [0, 0.05) is 5.56 Å². The van der Waals surface area contributed by atoms with Crippen LogP contribution in [0.25, 0.3) is 21.5 Å². The molecular weight excluding hydrogens is 378 g/mol. The van der Waals surface area contributed by atoms with Crippen molar-refractivity contribution < 1.29 is 13.9 Å². The van der Waals surface area contributed by atoms with E-state index in [1.165, 1.54) is 10.9 Å². The van der Waals surface area contributed by atoms with Gasteiger partial charge in [0.15, 0.2) is 5.76 Å². The Labute approximate surface area is 164 Å². The Morgan fingerprint density at radius 2 is 2.04 bits per heavy atom. The van der Waals surface area contributed by atoms with Crippen LogP contribution in [0.15, 0.2) is 52.1 Å². The molecule has 4 aromatic rings. The van der Waals surface area contributed by atoms with Crippen molar-refractivity contribution in [2.24, 2.45) is 0 Å². The third-order valence-electron chi connectivity index (χ3n) is 4.30. The van der Waals surface area contributed by atoms with E-state index in [1.807, 2.05) is 30.3 Å². The molecule has 0 saturated heterocycles. The van der Waals surface area contributed by atoms with Gasteiger partial charge in [0.25, 0.3) is 5.56 Å². The van der Waals surface area contributed by atoms with Crippen molar-refractivity contribution in [1.82, 2.24) is 14.5 Å². The van der Waals surface area contributed by atoms with Crippen molar-refractivity contribution in [3.05, 3.63) is 69.5 Å². The van der Waals surface area contributed by atoms with Crippen LogP contribution < -0.4 is 5.56 Å². The third-order valence-corrected chi connectivity index (χ3v) is 5.48. The molecule has 0 atom stereocenters. The number of rotatable bonds is 5. The molecule has 0 aliphatic rings. The summed E-state index contributed by atoms with van der Waals surface area (Å²) in [4.78, 5) is 34.5. The predicted molar refractivity (Wildman–Crippen MR) is 106 cm³/mol. The number of esters is 1. The van der Waals surface area contributed by atoms with E-state index in [1.54, 1.807) is 20.0 Å². The molecule has 28 heavy (non-hydrogen) atoms. The van der Waals surface area contributed by atoms with Gasteiger partial charge in [0.1, 0.15) is 16.3 Å². The highest BCUT2D eigenvalue weighted by atomic mass is 32.1. The number of fused-ring (bicyclic) bond motifs is 1. The zero-order valence-electron chi connectivity index (χ0n) is 15.3. The molecule has 8 heteroatoms. The molecule has 4 rings (SSSR count). The fraction of sp³-hybridized carbons (Fsp3) is 0.200. The molecule has 0 spiro atoms. The normalized spacial score (nSPS) is 11.1. The second-order valence-corrected chi connectivity index (χ2v) is 7.12. The summed E-state index contributed by atoms with van der Waals surface area (Å²) in [5.41, 5.74) is 1.26. The maximum Gasteiger partial charge on any atom is 0.348 e. The van der Waals surface area contributed by atoms with Gasteiger partial charge in [-0.1, -0.05) is 30.3 Å². The van der Waals surface area contributed by atoms with E-state index in [2.05, 4.69) is 9.97 Å². The number of hydrogen-bond acceptors (Lipinski definition) is 7. The van der Waals surface area contributed by atoms with Gasteiger partial charge in [-0.2, -0.15) is 0 Å². The zero-order chi connectivity index (χ0) is 19.7. The molecule has 0 saturated carbocycles. The SMILES string of the molecule is CCOC(=O)c1sc2ncn(Cc3ncc(-c4ccccc4)o3)c(=O)c2c1C. The van der Waals surface area contributed by atoms with E-state index in [0.717, 1.165) is 16.9 Å². The first-order valence-electron chi connectivity index (χ1n) is 8.74. The molecule has 142 valence electrons. The average molecular weight is 395 g/mol. The highest BCUT2D eigenvalue weighted by Gasteiger charge is 2.20. The van der Waals surface area contributed by atoms with Crippen LogP contribution in [-0.2, 0) is 11.3 Å². The standard InChI is InChI=1S/C20H17N3O4S/c1-3-26-20(25)17-12(2)16-18(28-17)22-11-23(19(16)24)10-15-21-9-14(27-15)13-7-5-4-6-8-13/h4-9,11H,3,10H2,1-2H3. The van der Waals surface area contributed by atoms with Gasteiger partial charge in [0.2, 0.25) is 5.89 Å². The minimum absolute atomic E-state index is 0.151. The molecule has 0 radical (unpaired) electrons. The van der Waals surface area contributed by atoms with E-state index in [4.69, 9.17) is 9.15 Å². The van der Waals surface area contributed by atoms with Gasteiger partial charge in [-0.05, 0) is 19.4 Å². The number of benzene rings is 1. The summed E-state index contributed by atoms with van der Waals surface area (Å²) in [5.74, 6) is 0.601. The van der Waals surface area contributed by atoms with Crippen molar-refractivity contribution in [3.63, 3.8) is 0 Å². The van der Waals surface area contributed by atoms with E-state index < -0.39 is 5.97 Å². The van der Waals surface area contributed by atoms with Crippen LogP contribution in [-0.4, -0.2) is 27.1 Å². The van der Waals surface area contributed by atoms with Gasteiger partial charge < -0.3 is 9.15 Å². The highest BCUT2D eigenvalue weighted by molar-refractivity contribution is 7.20. The first-order chi connectivity index (χ1) is 13.6. The summed E-state index contributed by atoms with van der Waals surface area (Å²) in [6.07, 6.45) is 3.08. The number of oxazole rings is 1. The van der Waals surface area contributed by atoms with Crippen LogP contribution in [0.3, 0.4) is 0 Å². The summed E-state index contributed by atoms with van der Waals surface area (Å²) in [6.45, 7) is 3.90. The third kappa shape index (κ3) is 3.22. The van der Waals surface area contributed by atoms with Gasteiger partial charge >= 0.3 is 5.97 Å². The molecule has 0 fully saturated rings. The van der Waals surface area contributed by atoms with Gasteiger partial charge in [0.05, 0.1) is 24.5 Å². The quantitative estimate of drug-likeness (QED) is 0.480. The molecular formula is C20H17N3O4S. The van der Waals surface area contributed by atoms with Crippen LogP contribution in [0, 0.1) is 6.92 Å². The van der Waals surface area contributed by atoms with E-state index in [0.29, 0.717) is 32.3 Å². The van der Waals surface area contributed by atoms with Crippen LogP contribution in [0.5, 0.6) is 0 Å². The lowest BCUT2D eigenvalue weighted by molar-refractivity contribution is 0.0531. The number of thiophene rings is 1. The molecule has 7 nitrogen and oxygen atoms in total. The van der Waals surface area contributed by atoms with Crippen molar-refractivity contribution in [3.8, 4) is 11.3 Å². The highest BCUT2D eigenvalue weighted by Crippen LogP contribution is 2.27. The molecule has 0 unspecified atom stereocenters. The number of aromatic nitrogens is 3. The van der Waals surface area contributed by atoms with Crippen LogP contribution in [0.1, 0.15) is 28.0 Å². The van der Waals surface area contributed by atoms with Gasteiger partial charge in [-0.15, -0.1) is 11.3 Å². The lowest BCUT2D eigenvalue weighted by atomic mass is 10.2. The molecule has 0 aliphatic carbocycles. The molecule has 0 amide bonds. The molecule has 3 aromatic heterocycles. The monoisotopic (exact) mass is 395 g/mol. The molecule has 0 N–H and O–H groups in total. The van der Waals surface area contributed by atoms with Crippen molar-refractivity contribution in [2.45, 2.75) is 20.4 Å². The minimum atomic E-state index is -0.436. The number of ether oxygens (including phenoxy) is 1. The fourth-order valence-electron chi connectivity index (χ4n) is 2.93. The van der Waals surface area contributed by atoms with Gasteiger partial charge in [-0.25, -0.2) is 14.8 Å². The molecule has 0 bridgehead atoms. The summed E-state index contributed by atoms with van der Waals surface area (Å²) >= 11 is 1.16. The Morgan fingerprint density at radius 3 is 2.79 bits per heavy atom. The summed E-state index contributed by atoms with van der Waals surface area (Å²) in [7, 11) is 0. The number of nitrogens with zero attached hydrogens (tertiary/aromatic N) is 3.